The van der Waals surface area contributed by atoms with Gasteiger partial charge in [0.1, 0.15) is 0 Å². The van der Waals surface area contributed by atoms with Gasteiger partial charge in [0.05, 0.1) is 23.6 Å². The number of rotatable bonds is 1. The molecule has 1 saturated carbocycles. The van der Waals surface area contributed by atoms with Crippen molar-refractivity contribution >= 4 is 37.7 Å². The second kappa shape index (κ2) is 18.3. The number of hydrogen-bond donors (Lipinski definition) is 5. The van der Waals surface area contributed by atoms with E-state index >= 15 is 0 Å². The van der Waals surface area contributed by atoms with E-state index in [4.69, 9.17) is 25.9 Å². The van der Waals surface area contributed by atoms with Crippen LogP contribution in [0.4, 0.5) is 32.0 Å². The first-order chi connectivity index (χ1) is 18.7. The molecule has 2 aliphatic carbocycles. The third-order valence-corrected chi connectivity index (χ3v) is 8.16. The van der Waals surface area contributed by atoms with Gasteiger partial charge in [-0.05, 0) is 55.2 Å². The van der Waals surface area contributed by atoms with Crippen LogP contribution in [0.2, 0.25) is 0 Å². The van der Waals surface area contributed by atoms with Gasteiger partial charge >= 0.3 is 30.8 Å². The molecule has 47 heavy (non-hydrogen) atoms. The van der Waals surface area contributed by atoms with Crippen LogP contribution in [0.1, 0.15) is 25.7 Å². The normalized spacial score (nSPS) is 22.7. The third-order valence-electron chi connectivity index (χ3n) is 7.03. The van der Waals surface area contributed by atoms with E-state index < -0.39 is 31.3 Å². The molecule has 274 valence electrons. The van der Waals surface area contributed by atoms with E-state index in [1.807, 2.05) is 37.4 Å². The fraction of sp³-hybridized carbons (Fsp3) is 0.478. The van der Waals surface area contributed by atoms with Crippen molar-refractivity contribution in [1.29, 1.82) is 0 Å². The first-order valence-corrected chi connectivity index (χ1v) is 14.6. The minimum absolute atomic E-state index is 0. The van der Waals surface area contributed by atoms with Gasteiger partial charge in [-0.15, -0.1) is 0 Å². The van der Waals surface area contributed by atoms with Gasteiger partial charge in [0, 0.05) is 7.05 Å². The second-order valence-electron chi connectivity index (χ2n) is 9.46. The van der Waals surface area contributed by atoms with Crippen LogP contribution in [-0.4, -0.2) is 66.8 Å². The van der Waals surface area contributed by atoms with Crippen molar-refractivity contribution in [1.82, 2.24) is 35.7 Å². The van der Waals surface area contributed by atoms with Gasteiger partial charge < -0.3 is 44.8 Å². The Kier molecular flexibility index (Phi) is 20.0. The zero-order valence-corrected chi connectivity index (χ0v) is 29.0. The summed E-state index contributed by atoms with van der Waals surface area (Å²) in [6.45, 7) is 0. The molecule has 0 radical (unpaired) electrons. The molecule has 1 aromatic rings. The fourth-order valence-electron chi connectivity index (χ4n) is 5.45. The summed E-state index contributed by atoms with van der Waals surface area (Å²) in [5.74, 6) is -0.228. The number of likely N-dealkylation sites (N-methyl/N-ethyl adjacent to an activating group) is 1. The standard InChI is InChI=1S/C21H22N2O2.2CHF3O3S.5H3N.Os/c1-22-12-11-16-14-9-5-6-10-15(14)17-18(19(16)22)21(25)23(20(17)24)13-7-3-2-4-8-13;2*2-1(3,4)8(5,6)7;;;;;;/h2-4,7-8,11-12,15,17-19H,5-6,9-10H2,1H3;2*(H,5,6,7);5*1H3;/q;;;;;;;;+2/p-2. The smallest absolute Gasteiger partial charge is 0.741 e. The number of nitrogens with zero attached hydrogens (tertiary/aromatic N) is 2. The molecular formula is C23H37F6N7O8OsS2. The summed E-state index contributed by atoms with van der Waals surface area (Å²) in [7, 11) is -10.2. The van der Waals surface area contributed by atoms with Crippen molar-refractivity contribution in [2.75, 3.05) is 11.9 Å². The van der Waals surface area contributed by atoms with Gasteiger partial charge in [-0.25, -0.2) is 21.7 Å². The number of hydrogen-bond acceptors (Lipinski definition) is 14. The minimum Gasteiger partial charge on any atom is -0.741 e. The van der Waals surface area contributed by atoms with Gasteiger partial charge in [0.25, 0.3) is 0 Å². The Labute approximate surface area is 280 Å². The predicted molar refractivity (Wildman–Crippen MR) is 152 cm³/mol. The Bertz CT molecular complexity index is 1440. The summed E-state index contributed by atoms with van der Waals surface area (Å²) in [6.07, 6.45) is 8.71. The number of para-hydroxylation sites is 1. The van der Waals surface area contributed by atoms with Crippen LogP contribution in [0.5, 0.6) is 0 Å². The average Bonchev–Trinajstić information content (AvgIpc) is 3.35. The van der Waals surface area contributed by atoms with E-state index in [2.05, 4.69) is 17.2 Å². The Morgan fingerprint density at radius 1 is 0.766 bits per heavy atom. The number of benzene rings is 1. The molecule has 15 N–H and O–H groups in total. The molecule has 2 fully saturated rings. The van der Waals surface area contributed by atoms with Gasteiger partial charge in [-0.1, -0.05) is 30.2 Å². The van der Waals surface area contributed by atoms with Crippen LogP contribution >= 0.6 is 0 Å². The number of fused-ring (bicyclic) bond motifs is 5. The molecular weight excluding hydrogens is 871 g/mol. The molecule has 1 aromatic carbocycles. The van der Waals surface area contributed by atoms with E-state index in [1.54, 1.807) is 0 Å². The number of imide groups is 1. The first kappa shape index (κ1) is 51.3. The SMILES string of the molecule is CN1C=CC2=C3CCCCC3C3C(=O)N(c4ccccc4)C(=O)C3C21.N.N.N.N.N.O=S(=O)([O-])C(F)(F)F.O=S(=O)([O-])C(F)(F)F.[Os+2]. The molecule has 24 heteroatoms. The Morgan fingerprint density at radius 2 is 1.19 bits per heavy atom. The summed E-state index contributed by atoms with van der Waals surface area (Å²) in [5.41, 5.74) is -7.84. The van der Waals surface area contributed by atoms with Gasteiger partial charge in [0.2, 0.25) is 11.8 Å². The summed E-state index contributed by atoms with van der Waals surface area (Å²) >= 11 is 0. The third kappa shape index (κ3) is 10.7. The van der Waals surface area contributed by atoms with Crippen LogP contribution in [0.15, 0.2) is 53.8 Å². The summed E-state index contributed by atoms with van der Waals surface area (Å²) in [6, 6.07) is 9.43. The molecule has 0 aromatic heterocycles. The van der Waals surface area contributed by atoms with Gasteiger partial charge in [-0.3, -0.25) is 9.59 Å². The van der Waals surface area contributed by atoms with Crippen molar-refractivity contribution in [3.05, 3.63) is 53.8 Å². The molecule has 4 atom stereocenters. The molecule has 2 aliphatic heterocycles. The topological polar surface area (TPSA) is 330 Å². The van der Waals surface area contributed by atoms with Crippen molar-refractivity contribution < 1.29 is 81.7 Å². The van der Waals surface area contributed by atoms with Gasteiger partial charge in [-0.2, -0.15) is 26.3 Å². The Balaban J connectivity index is -0.000000361. The number of halogens is 6. The zero-order chi connectivity index (χ0) is 31.1. The fourth-order valence-corrected chi connectivity index (χ4v) is 5.45. The largest absolute Gasteiger partial charge is 2.00 e. The number of anilines is 1. The second-order valence-corrected chi connectivity index (χ2v) is 12.2. The molecule has 15 nitrogen and oxygen atoms in total. The maximum absolute atomic E-state index is 13.3. The van der Waals surface area contributed by atoms with E-state index in [0.29, 0.717) is 5.69 Å². The summed E-state index contributed by atoms with van der Waals surface area (Å²) < 4.78 is 118. The van der Waals surface area contributed by atoms with E-state index in [9.17, 15) is 35.9 Å². The maximum Gasteiger partial charge on any atom is 2.00 e. The number of carbonyl (C=O) groups excluding carboxylic acids is 2. The zero-order valence-electron chi connectivity index (χ0n) is 24.8. The molecule has 1 saturated heterocycles. The van der Waals surface area contributed by atoms with Crippen LogP contribution in [0, 0.1) is 17.8 Å². The van der Waals surface area contributed by atoms with Gasteiger partial charge in [0.15, 0.2) is 20.2 Å². The van der Waals surface area contributed by atoms with Crippen LogP contribution < -0.4 is 35.7 Å². The molecule has 0 spiro atoms. The van der Waals surface area contributed by atoms with Crippen molar-refractivity contribution in [2.24, 2.45) is 17.8 Å². The van der Waals surface area contributed by atoms with Crippen molar-refractivity contribution in [3.63, 3.8) is 0 Å². The maximum atomic E-state index is 13.3. The number of allylic oxidation sites excluding steroid dienone is 1. The number of amides is 2. The first-order valence-electron chi connectivity index (χ1n) is 11.8. The molecule has 2 heterocycles. The van der Waals surface area contributed by atoms with Crippen molar-refractivity contribution in [3.8, 4) is 0 Å². The van der Waals surface area contributed by atoms with Crippen molar-refractivity contribution in [2.45, 2.75) is 42.7 Å². The quantitative estimate of drug-likeness (QED) is 0.115. The van der Waals surface area contributed by atoms with E-state index in [0.717, 1.165) is 19.3 Å². The summed E-state index contributed by atoms with van der Waals surface area (Å²) in [5, 5.41) is 0. The average molecular weight is 908 g/mol. The number of carbonyl (C=O) groups is 2. The summed E-state index contributed by atoms with van der Waals surface area (Å²) in [4.78, 5) is 30.3. The molecule has 4 unspecified atom stereocenters. The Morgan fingerprint density at radius 3 is 1.62 bits per heavy atom. The van der Waals surface area contributed by atoms with E-state index in [1.165, 1.54) is 22.5 Å². The molecule has 4 aliphatic rings. The Hall–Kier alpha value is -2.52. The monoisotopic (exact) mass is 909 g/mol. The predicted octanol–water partition coefficient (Wildman–Crippen LogP) is 4.03. The van der Waals surface area contributed by atoms with Crippen LogP contribution in [0.3, 0.4) is 0 Å². The molecule has 2 amide bonds. The minimum atomic E-state index is -6.09. The number of alkyl halides is 6. The van der Waals surface area contributed by atoms with Crippen LogP contribution in [-0.2, 0) is 49.6 Å². The van der Waals surface area contributed by atoms with Crippen LogP contribution in [0.25, 0.3) is 0 Å². The molecule has 5 rings (SSSR count). The van der Waals surface area contributed by atoms with E-state index in [-0.39, 0.29) is 86.2 Å². The molecule has 0 bridgehead atoms.